The van der Waals surface area contributed by atoms with Crippen molar-refractivity contribution in [2.45, 2.75) is 13.8 Å². The molecular weight excluding hydrogens is 280 g/mol. The van der Waals surface area contributed by atoms with Crippen LogP contribution in [0.4, 0.5) is 16.2 Å². The van der Waals surface area contributed by atoms with E-state index in [1.54, 1.807) is 20.3 Å². The second-order valence-corrected chi connectivity index (χ2v) is 4.97. The fourth-order valence-corrected chi connectivity index (χ4v) is 2.12. The summed E-state index contributed by atoms with van der Waals surface area (Å²) in [5.74, 6) is 1.20. The van der Waals surface area contributed by atoms with E-state index in [4.69, 9.17) is 9.47 Å². The van der Waals surface area contributed by atoms with Gasteiger partial charge in [-0.25, -0.2) is 4.79 Å². The first-order valence-corrected chi connectivity index (χ1v) is 6.90. The van der Waals surface area contributed by atoms with Crippen LogP contribution in [0, 0.1) is 13.8 Å². The number of amides is 2. The molecule has 22 heavy (non-hydrogen) atoms. The molecule has 0 aliphatic rings. The number of carbonyl (C=O) groups is 1. The predicted molar refractivity (Wildman–Crippen MR) is 88.1 cm³/mol. The average Bonchev–Trinajstić information content (AvgIpc) is 2.48. The molecule has 5 heteroatoms. The lowest BCUT2D eigenvalue weighted by Crippen LogP contribution is -2.20. The Morgan fingerprint density at radius 2 is 1.64 bits per heavy atom. The molecule has 0 radical (unpaired) electrons. The van der Waals surface area contributed by atoms with Crippen LogP contribution in [-0.4, -0.2) is 20.3 Å². The van der Waals surface area contributed by atoms with Crippen LogP contribution in [0.5, 0.6) is 11.5 Å². The number of anilines is 2. The Bertz CT molecular complexity index is 684. The normalized spacial score (nSPS) is 10.0. The summed E-state index contributed by atoms with van der Waals surface area (Å²) < 4.78 is 10.5. The number of hydrogen-bond acceptors (Lipinski definition) is 3. The molecular formula is C17H20N2O3. The van der Waals surface area contributed by atoms with Crippen molar-refractivity contribution in [3.63, 3.8) is 0 Å². The molecule has 2 amide bonds. The summed E-state index contributed by atoms with van der Waals surface area (Å²) in [4.78, 5) is 12.1. The number of ether oxygens (including phenoxy) is 2. The molecule has 2 N–H and O–H groups in total. The highest BCUT2D eigenvalue weighted by Gasteiger charge is 2.11. The smallest absolute Gasteiger partial charge is 0.323 e. The molecule has 0 fully saturated rings. The zero-order valence-corrected chi connectivity index (χ0v) is 13.2. The quantitative estimate of drug-likeness (QED) is 0.898. The number of aryl methyl sites for hydroxylation is 2. The Kier molecular flexibility index (Phi) is 4.88. The third-order valence-electron chi connectivity index (χ3n) is 3.25. The Labute approximate surface area is 130 Å². The molecule has 0 unspecified atom stereocenters. The van der Waals surface area contributed by atoms with E-state index in [9.17, 15) is 4.79 Å². The van der Waals surface area contributed by atoms with Gasteiger partial charge >= 0.3 is 6.03 Å². The van der Waals surface area contributed by atoms with Crippen LogP contribution in [0.25, 0.3) is 0 Å². The van der Waals surface area contributed by atoms with Crippen molar-refractivity contribution < 1.29 is 14.3 Å². The van der Waals surface area contributed by atoms with E-state index in [0.717, 1.165) is 16.8 Å². The minimum absolute atomic E-state index is 0.305. The van der Waals surface area contributed by atoms with Crippen molar-refractivity contribution in [3.8, 4) is 11.5 Å². The van der Waals surface area contributed by atoms with Gasteiger partial charge < -0.3 is 20.1 Å². The molecule has 116 valence electrons. The number of nitrogens with one attached hydrogen (secondary N) is 2. The van der Waals surface area contributed by atoms with Gasteiger partial charge in [-0.15, -0.1) is 0 Å². The molecule has 0 saturated carbocycles. The van der Waals surface area contributed by atoms with Gasteiger partial charge in [0, 0.05) is 17.4 Å². The van der Waals surface area contributed by atoms with Crippen molar-refractivity contribution >= 4 is 17.4 Å². The topological polar surface area (TPSA) is 59.6 Å². The van der Waals surface area contributed by atoms with Gasteiger partial charge in [0.25, 0.3) is 0 Å². The molecule has 0 aromatic heterocycles. The number of hydrogen-bond donors (Lipinski definition) is 2. The van der Waals surface area contributed by atoms with Gasteiger partial charge in [0.1, 0.15) is 0 Å². The third-order valence-corrected chi connectivity index (χ3v) is 3.25. The first-order valence-electron chi connectivity index (χ1n) is 6.90. The summed E-state index contributed by atoms with van der Waals surface area (Å²) in [7, 11) is 3.14. The largest absolute Gasteiger partial charge is 0.493 e. The maximum Gasteiger partial charge on any atom is 0.323 e. The first kappa shape index (κ1) is 15.7. The predicted octanol–water partition coefficient (Wildman–Crippen LogP) is 3.96. The minimum Gasteiger partial charge on any atom is -0.493 e. The van der Waals surface area contributed by atoms with E-state index in [1.165, 1.54) is 0 Å². The lowest BCUT2D eigenvalue weighted by atomic mass is 10.1. The SMILES string of the molecule is COc1cc(C)c(NC(=O)Nc2cccc(C)c2)cc1OC. The lowest BCUT2D eigenvalue weighted by molar-refractivity contribution is 0.262. The molecule has 0 saturated heterocycles. The Hall–Kier alpha value is -2.69. The van der Waals surface area contributed by atoms with Gasteiger partial charge in [-0.05, 0) is 43.2 Å². The van der Waals surface area contributed by atoms with Crippen molar-refractivity contribution in [1.82, 2.24) is 0 Å². The van der Waals surface area contributed by atoms with E-state index in [0.29, 0.717) is 17.2 Å². The highest BCUT2D eigenvalue weighted by Crippen LogP contribution is 2.32. The summed E-state index contributed by atoms with van der Waals surface area (Å²) in [6.45, 7) is 3.87. The lowest BCUT2D eigenvalue weighted by Gasteiger charge is -2.14. The zero-order chi connectivity index (χ0) is 16.1. The van der Waals surface area contributed by atoms with Gasteiger partial charge in [-0.2, -0.15) is 0 Å². The Morgan fingerprint density at radius 3 is 2.27 bits per heavy atom. The van der Waals surface area contributed by atoms with Crippen LogP contribution in [-0.2, 0) is 0 Å². The molecule has 0 atom stereocenters. The number of urea groups is 1. The van der Waals surface area contributed by atoms with Crippen molar-refractivity contribution in [2.24, 2.45) is 0 Å². The molecule has 0 aliphatic heterocycles. The molecule has 0 aliphatic carbocycles. The summed E-state index contributed by atoms with van der Waals surface area (Å²) in [5, 5.41) is 5.62. The van der Waals surface area contributed by atoms with Crippen LogP contribution in [0.15, 0.2) is 36.4 Å². The third kappa shape index (κ3) is 3.69. The fraction of sp³-hybridized carbons (Fsp3) is 0.235. The molecule has 0 heterocycles. The van der Waals surface area contributed by atoms with E-state index >= 15 is 0 Å². The Morgan fingerprint density at radius 1 is 0.955 bits per heavy atom. The maximum atomic E-state index is 12.1. The Balaban J connectivity index is 2.14. The monoisotopic (exact) mass is 300 g/mol. The second kappa shape index (κ2) is 6.85. The summed E-state index contributed by atoms with van der Waals surface area (Å²) >= 11 is 0. The van der Waals surface area contributed by atoms with Crippen molar-refractivity contribution in [1.29, 1.82) is 0 Å². The van der Waals surface area contributed by atoms with E-state index in [-0.39, 0.29) is 6.03 Å². The minimum atomic E-state index is -0.305. The molecule has 5 nitrogen and oxygen atoms in total. The standard InChI is InChI=1S/C17H20N2O3/c1-11-6-5-7-13(8-11)18-17(20)19-14-10-16(22-4)15(21-3)9-12(14)2/h5-10H,1-4H3,(H2,18,19,20). The van der Waals surface area contributed by atoms with Gasteiger partial charge in [0.15, 0.2) is 11.5 Å². The van der Waals surface area contributed by atoms with Gasteiger partial charge in [-0.3, -0.25) is 0 Å². The van der Waals surface area contributed by atoms with E-state index in [2.05, 4.69) is 10.6 Å². The van der Waals surface area contributed by atoms with E-state index in [1.807, 2.05) is 44.2 Å². The van der Waals surface area contributed by atoms with Gasteiger partial charge in [0.2, 0.25) is 0 Å². The van der Waals surface area contributed by atoms with Crippen LogP contribution < -0.4 is 20.1 Å². The molecule has 0 spiro atoms. The number of methoxy groups -OCH3 is 2. The molecule has 0 bridgehead atoms. The number of carbonyl (C=O) groups excluding carboxylic acids is 1. The first-order chi connectivity index (χ1) is 10.5. The van der Waals surface area contributed by atoms with Crippen LogP contribution >= 0.6 is 0 Å². The van der Waals surface area contributed by atoms with Crippen LogP contribution in [0.2, 0.25) is 0 Å². The summed E-state index contributed by atoms with van der Waals surface area (Å²) in [5.41, 5.74) is 3.38. The second-order valence-electron chi connectivity index (χ2n) is 4.97. The molecule has 2 aromatic rings. The van der Waals surface area contributed by atoms with Crippen molar-refractivity contribution in [2.75, 3.05) is 24.9 Å². The van der Waals surface area contributed by atoms with Crippen LogP contribution in [0.1, 0.15) is 11.1 Å². The fourth-order valence-electron chi connectivity index (χ4n) is 2.12. The van der Waals surface area contributed by atoms with Crippen LogP contribution in [0.3, 0.4) is 0 Å². The van der Waals surface area contributed by atoms with E-state index < -0.39 is 0 Å². The van der Waals surface area contributed by atoms with Gasteiger partial charge in [0.05, 0.1) is 14.2 Å². The number of rotatable bonds is 4. The highest BCUT2D eigenvalue weighted by molar-refractivity contribution is 6.00. The summed E-state index contributed by atoms with van der Waals surface area (Å²) in [6, 6.07) is 10.9. The number of benzene rings is 2. The maximum absolute atomic E-state index is 12.1. The zero-order valence-electron chi connectivity index (χ0n) is 13.2. The molecule has 2 aromatic carbocycles. The van der Waals surface area contributed by atoms with Gasteiger partial charge in [-0.1, -0.05) is 12.1 Å². The average molecular weight is 300 g/mol. The summed E-state index contributed by atoms with van der Waals surface area (Å²) in [6.07, 6.45) is 0. The highest BCUT2D eigenvalue weighted by atomic mass is 16.5. The molecule has 2 rings (SSSR count). The van der Waals surface area contributed by atoms with Crippen molar-refractivity contribution in [3.05, 3.63) is 47.5 Å².